The molecule has 0 spiro atoms. The number of carbonyl (C=O) groups excluding carboxylic acids is 2. The fourth-order valence-electron chi connectivity index (χ4n) is 3.60. The van der Waals surface area contributed by atoms with Crippen LogP contribution in [0.15, 0.2) is 46.5 Å². The molecule has 2 aromatic heterocycles. The van der Waals surface area contributed by atoms with Gasteiger partial charge >= 0.3 is 11.9 Å². The summed E-state index contributed by atoms with van der Waals surface area (Å²) in [5.41, 5.74) is 5.40. The highest BCUT2D eigenvalue weighted by Gasteiger charge is 2.24. The van der Waals surface area contributed by atoms with Crippen LogP contribution < -0.4 is 20.9 Å². The van der Waals surface area contributed by atoms with Gasteiger partial charge in [0.25, 0.3) is 5.88 Å². The fourth-order valence-corrected chi connectivity index (χ4v) is 4.70. The quantitative estimate of drug-likeness (QED) is 0.391. The number of thioether (sulfide) groups is 1. The zero-order chi connectivity index (χ0) is 25.8. The number of halogens is 3. The topological polar surface area (TPSA) is 118 Å². The molecule has 3 N–H and O–H groups in total. The first-order chi connectivity index (χ1) is 17.3. The van der Waals surface area contributed by atoms with Gasteiger partial charge in [0.15, 0.2) is 0 Å². The number of allylic oxidation sites excluding steroid dienone is 1. The molecule has 13 heteroatoms. The van der Waals surface area contributed by atoms with Crippen molar-refractivity contribution in [3.63, 3.8) is 0 Å². The summed E-state index contributed by atoms with van der Waals surface area (Å²) < 4.78 is 39.4. The standard InChI is InChI=1S/C23H20ClF2N5O4S/c1-11(28-23(33)30-29-22(32)18-8-19(34-2)31-35-18)21-17(26)5-13(9-27-21)15-6-14(24)7-16(25)20(15)12-3-4-36-10-12/h3-9,11-12H,10H2,1-2H3,(H,29,32)(H2,28,30,33)/t11-,12?/m1/s1. The molecule has 3 aromatic rings. The lowest BCUT2D eigenvalue weighted by Gasteiger charge is -2.18. The maximum absolute atomic E-state index is 15.0. The Morgan fingerprint density at radius 1 is 1.22 bits per heavy atom. The Kier molecular flexibility index (Phi) is 7.75. The first-order valence-corrected chi connectivity index (χ1v) is 12.0. The van der Waals surface area contributed by atoms with Gasteiger partial charge in [-0.15, -0.1) is 11.8 Å². The van der Waals surface area contributed by atoms with Crippen molar-refractivity contribution >= 4 is 35.3 Å². The molecule has 3 amide bonds. The van der Waals surface area contributed by atoms with Crippen molar-refractivity contribution < 1.29 is 27.6 Å². The van der Waals surface area contributed by atoms with Gasteiger partial charge in [-0.1, -0.05) is 17.7 Å². The largest absolute Gasteiger partial charge is 0.479 e. The number of amides is 3. The van der Waals surface area contributed by atoms with Gasteiger partial charge in [0.05, 0.1) is 24.9 Å². The van der Waals surface area contributed by atoms with E-state index in [1.165, 1.54) is 38.4 Å². The van der Waals surface area contributed by atoms with Crippen LogP contribution in [0.5, 0.6) is 5.88 Å². The third-order valence-corrected chi connectivity index (χ3v) is 6.42. The van der Waals surface area contributed by atoms with Gasteiger partial charge in [-0.2, -0.15) is 0 Å². The predicted molar refractivity (Wildman–Crippen MR) is 130 cm³/mol. The summed E-state index contributed by atoms with van der Waals surface area (Å²) in [4.78, 5) is 28.3. The molecule has 1 aliphatic rings. The molecule has 0 aliphatic carbocycles. The Bertz CT molecular complexity index is 1340. The predicted octanol–water partition coefficient (Wildman–Crippen LogP) is 4.73. The number of benzene rings is 1. The summed E-state index contributed by atoms with van der Waals surface area (Å²) in [6, 6.07) is 3.57. The number of rotatable bonds is 6. The smallest absolute Gasteiger partial charge is 0.334 e. The van der Waals surface area contributed by atoms with Gasteiger partial charge in [-0.05, 0) is 41.3 Å². The molecule has 0 radical (unpaired) electrons. The number of urea groups is 1. The second-order valence-electron chi connectivity index (χ2n) is 7.72. The van der Waals surface area contributed by atoms with Crippen LogP contribution in [0.1, 0.15) is 40.7 Å². The van der Waals surface area contributed by atoms with Crippen LogP contribution in [-0.4, -0.2) is 34.9 Å². The summed E-state index contributed by atoms with van der Waals surface area (Å²) in [6.07, 6.45) is 3.29. The fraction of sp³-hybridized carbons (Fsp3) is 0.217. The Balaban J connectivity index is 1.45. The SMILES string of the molecule is COc1cc(C(=O)NNC(=O)N[C@H](C)c2ncc(-c3cc(Cl)cc(F)c3C3C=CSC3)cc2F)on1. The van der Waals surface area contributed by atoms with Crippen molar-refractivity contribution in [1.82, 2.24) is 26.3 Å². The average Bonchev–Trinajstić information content (AvgIpc) is 3.54. The molecule has 2 atom stereocenters. The number of aromatic nitrogens is 2. The Morgan fingerprint density at radius 3 is 2.69 bits per heavy atom. The Morgan fingerprint density at radius 2 is 2.03 bits per heavy atom. The minimum atomic E-state index is -0.869. The molecule has 0 saturated heterocycles. The summed E-state index contributed by atoms with van der Waals surface area (Å²) in [5.74, 6) is -1.57. The molecule has 3 heterocycles. The number of ether oxygens (including phenoxy) is 1. The number of nitrogens with one attached hydrogen (secondary N) is 3. The highest BCUT2D eigenvalue weighted by atomic mass is 35.5. The molecular formula is C23H20ClF2N5O4S. The van der Waals surface area contributed by atoms with Crippen LogP contribution in [0.4, 0.5) is 13.6 Å². The molecule has 36 heavy (non-hydrogen) atoms. The van der Waals surface area contributed by atoms with Crippen molar-refractivity contribution in [2.24, 2.45) is 0 Å². The van der Waals surface area contributed by atoms with Crippen LogP contribution in [-0.2, 0) is 0 Å². The first kappa shape index (κ1) is 25.5. The van der Waals surface area contributed by atoms with E-state index in [-0.39, 0.29) is 28.3 Å². The molecule has 0 fully saturated rings. The number of pyridine rings is 1. The van der Waals surface area contributed by atoms with Gasteiger partial charge in [-0.3, -0.25) is 15.2 Å². The van der Waals surface area contributed by atoms with Gasteiger partial charge in [0, 0.05) is 34.0 Å². The summed E-state index contributed by atoms with van der Waals surface area (Å²) in [5, 5.41) is 8.02. The number of methoxy groups -OCH3 is 1. The van der Waals surface area contributed by atoms with Gasteiger partial charge in [-0.25, -0.2) is 19.0 Å². The number of nitrogens with zero attached hydrogens (tertiary/aromatic N) is 2. The van der Waals surface area contributed by atoms with Crippen LogP contribution in [0.2, 0.25) is 5.02 Å². The second kappa shape index (κ2) is 11.0. The normalized spacial score (nSPS) is 15.4. The van der Waals surface area contributed by atoms with Crippen molar-refractivity contribution in [3.8, 4) is 17.0 Å². The lowest BCUT2D eigenvalue weighted by atomic mass is 9.91. The summed E-state index contributed by atoms with van der Waals surface area (Å²) in [6.45, 7) is 1.51. The molecule has 188 valence electrons. The van der Waals surface area contributed by atoms with E-state index in [2.05, 4.69) is 26.3 Å². The van der Waals surface area contributed by atoms with E-state index in [9.17, 15) is 14.0 Å². The van der Waals surface area contributed by atoms with E-state index in [1.807, 2.05) is 11.5 Å². The third kappa shape index (κ3) is 5.60. The molecule has 9 nitrogen and oxygen atoms in total. The Labute approximate surface area is 213 Å². The van der Waals surface area contributed by atoms with Crippen LogP contribution in [0, 0.1) is 11.6 Å². The summed E-state index contributed by atoms with van der Waals surface area (Å²) >= 11 is 7.64. The second-order valence-corrected chi connectivity index (χ2v) is 9.09. The molecular weight excluding hydrogens is 516 g/mol. The zero-order valence-corrected chi connectivity index (χ0v) is 20.5. The third-order valence-electron chi connectivity index (χ3n) is 5.30. The van der Waals surface area contributed by atoms with Crippen molar-refractivity contribution in [2.45, 2.75) is 18.9 Å². The van der Waals surface area contributed by atoms with Crippen LogP contribution in [0.25, 0.3) is 11.1 Å². The number of hydrogen-bond donors (Lipinski definition) is 3. The van der Waals surface area contributed by atoms with Gasteiger partial charge < -0.3 is 14.6 Å². The van der Waals surface area contributed by atoms with E-state index in [1.54, 1.807) is 17.8 Å². The van der Waals surface area contributed by atoms with Crippen LogP contribution in [0.3, 0.4) is 0 Å². The number of hydrogen-bond acceptors (Lipinski definition) is 7. The summed E-state index contributed by atoms with van der Waals surface area (Å²) in [7, 11) is 1.35. The lowest BCUT2D eigenvalue weighted by Crippen LogP contribution is -2.47. The van der Waals surface area contributed by atoms with Crippen molar-refractivity contribution in [2.75, 3.05) is 12.9 Å². The van der Waals surface area contributed by atoms with Gasteiger partial charge in [0.2, 0.25) is 5.76 Å². The minimum Gasteiger partial charge on any atom is -0.479 e. The maximum atomic E-state index is 15.0. The monoisotopic (exact) mass is 535 g/mol. The van der Waals surface area contributed by atoms with E-state index in [0.717, 1.165) is 0 Å². The molecule has 1 unspecified atom stereocenters. The van der Waals surface area contributed by atoms with Crippen molar-refractivity contribution in [1.29, 1.82) is 0 Å². The van der Waals surface area contributed by atoms with E-state index in [4.69, 9.17) is 20.9 Å². The van der Waals surface area contributed by atoms with Crippen LogP contribution >= 0.6 is 23.4 Å². The lowest BCUT2D eigenvalue weighted by molar-refractivity contribution is 0.0898. The minimum absolute atomic E-state index is 0.0550. The van der Waals surface area contributed by atoms with E-state index in [0.29, 0.717) is 22.4 Å². The van der Waals surface area contributed by atoms with Gasteiger partial charge in [0.1, 0.15) is 11.6 Å². The maximum Gasteiger partial charge on any atom is 0.334 e. The molecule has 0 bridgehead atoms. The van der Waals surface area contributed by atoms with E-state index >= 15 is 4.39 Å². The van der Waals surface area contributed by atoms with Crippen molar-refractivity contribution in [3.05, 3.63) is 75.6 Å². The number of hydrazine groups is 1. The molecule has 1 aliphatic heterocycles. The molecule has 1 aromatic carbocycles. The first-order valence-electron chi connectivity index (χ1n) is 10.6. The van der Waals surface area contributed by atoms with E-state index < -0.39 is 29.6 Å². The Hall–Kier alpha value is -3.64. The molecule has 4 rings (SSSR count). The highest BCUT2D eigenvalue weighted by Crippen LogP contribution is 2.39. The average molecular weight is 536 g/mol. The number of carbonyl (C=O) groups is 2. The molecule has 0 saturated carbocycles. The highest BCUT2D eigenvalue weighted by molar-refractivity contribution is 8.02. The zero-order valence-electron chi connectivity index (χ0n) is 19.0.